The Morgan fingerprint density at radius 3 is 2.33 bits per heavy atom. The lowest BCUT2D eigenvalue weighted by Crippen LogP contribution is -2.00. The summed E-state index contributed by atoms with van der Waals surface area (Å²) in [6, 6.07) is 11.1. The third kappa shape index (κ3) is 3.54. The molecule has 0 aliphatic heterocycles. The van der Waals surface area contributed by atoms with Gasteiger partial charge in [0.1, 0.15) is 12.4 Å². The first kappa shape index (κ1) is 14.9. The number of carbonyl (C=O) groups excluding carboxylic acids is 1. The van der Waals surface area contributed by atoms with Crippen molar-refractivity contribution in [2.75, 3.05) is 14.2 Å². The summed E-state index contributed by atoms with van der Waals surface area (Å²) in [5.41, 5.74) is 2.51. The normalized spacial score (nSPS) is 10.0. The SMILES string of the molecule is COc1ccc(COc2ccc(C)cc2C=O)cc1OC. The molecule has 0 aliphatic rings. The van der Waals surface area contributed by atoms with Gasteiger partial charge in [0, 0.05) is 0 Å². The highest BCUT2D eigenvalue weighted by Crippen LogP contribution is 2.28. The first-order valence-corrected chi connectivity index (χ1v) is 6.57. The highest BCUT2D eigenvalue weighted by atomic mass is 16.5. The van der Waals surface area contributed by atoms with Crippen LogP contribution >= 0.6 is 0 Å². The zero-order valence-corrected chi connectivity index (χ0v) is 12.4. The van der Waals surface area contributed by atoms with Crippen LogP contribution in [-0.4, -0.2) is 20.5 Å². The Kier molecular flexibility index (Phi) is 4.82. The molecule has 4 nitrogen and oxygen atoms in total. The number of aryl methyl sites for hydroxylation is 1. The molecule has 4 heteroatoms. The third-order valence-electron chi connectivity index (χ3n) is 3.13. The van der Waals surface area contributed by atoms with Crippen molar-refractivity contribution in [2.45, 2.75) is 13.5 Å². The van der Waals surface area contributed by atoms with Crippen molar-refractivity contribution < 1.29 is 19.0 Å². The number of carbonyl (C=O) groups is 1. The number of aldehydes is 1. The second-order valence-corrected chi connectivity index (χ2v) is 4.64. The van der Waals surface area contributed by atoms with E-state index < -0.39 is 0 Å². The van der Waals surface area contributed by atoms with Gasteiger partial charge in [-0.05, 0) is 36.8 Å². The fourth-order valence-electron chi connectivity index (χ4n) is 2.02. The number of hydrogen-bond donors (Lipinski definition) is 0. The molecule has 0 spiro atoms. The van der Waals surface area contributed by atoms with Crippen LogP contribution in [0, 0.1) is 6.92 Å². The summed E-state index contributed by atoms with van der Waals surface area (Å²) in [6.45, 7) is 2.29. The van der Waals surface area contributed by atoms with Gasteiger partial charge < -0.3 is 14.2 Å². The van der Waals surface area contributed by atoms with Crippen molar-refractivity contribution in [1.29, 1.82) is 0 Å². The number of benzene rings is 2. The maximum Gasteiger partial charge on any atom is 0.161 e. The minimum atomic E-state index is 0.351. The lowest BCUT2D eigenvalue weighted by Gasteiger charge is -2.12. The van der Waals surface area contributed by atoms with Crippen molar-refractivity contribution in [3.05, 3.63) is 53.1 Å². The minimum absolute atomic E-state index is 0.351. The van der Waals surface area contributed by atoms with Gasteiger partial charge in [0.25, 0.3) is 0 Å². The van der Waals surface area contributed by atoms with Gasteiger partial charge >= 0.3 is 0 Å². The van der Waals surface area contributed by atoms with Crippen LogP contribution in [-0.2, 0) is 6.61 Å². The van der Waals surface area contributed by atoms with Crippen LogP contribution in [0.5, 0.6) is 17.2 Å². The Morgan fingerprint density at radius 2 is 1.67 bits per heavy atom. The molecule has 0 N–H and O–H groups in total. The van der Waals surface area contributed by atoms with E-state index in [1.807, 2.05) is 31.2 Å². The van der Waals surface area contributed by atoms with Crippen molar-refractivity contribution >= 4 is 6.29 Å². The lowest BCUT2D eigenvalue weighted by atomic mass is 10.1. The molecule has 0 amide bonds. The van der Waals surface area contributed by atoms with E-state index in [9.17, 15) is 4.79 Å². The summed E-state index contributed by atoms with van der Waals surface area (Å²) < 4.78 is 16.2. The molecule has 0 heterocycles. The zero-order valence-electron chi connectivity index (χ0n) is 12.4. The van der Waals surface area contributed by atoms with E-state index in [2.05, 4.69) is 0 Å². The Labute approximate surface area is 124 Å². The van der Waals surface area contributed by atoms with Gasteiger partial charge in [-0.15, -0.1) is 0 Å². The minimum Gasteiger partial charge on any atom is -0.493 e. The predicted octanol–water partition coefficient (Wildman–Crippen LogP) is 3.40. The summed E-state index contributed by atoms with van der Waals surface area (Å²) in [5, 5.41) is 0. The molecule has 0 fully saturated rings. The molecule has 0 aromatic heterocycles. The summed E-state index contributed by atoms with van der Waals surface area (Å²) in [4.78, 5) is 11.1. The molecule has 2 rings (SSSR count). The molecule has 0 unspecified atom stereocenters. The van der Waals surface area contributed by atoms with E-state index in [1.54, 1.807) is 26.4 Å². The van der Waals surface area contributed by atoms with E-state index in [1.165, 1.54) is 0 Å². The summed E-state index contributed by atoms with van der Waals surface area (Å²) in [7, 11) is 3.18. The quantitative estimate of drug-likeness (QED) is 0.763. The maximum atomic E-state index is 11.1. The predicted molar refractivity (Wildman–Crippen MR) is 80.4 cm³/mol. The fourth-order valence-corrected chi connectivity index (χ4v) is 2.02. The summed E-state index contributed by atoms with van der Waals surface area (Å²) >= 11 is 0. The molecule has 0 saturated heterocycles. The average Bonchev–Trinajstić information content (AvgIpc) is 2.53. The molecule has 2 aromatic carbocycles. The molecule has 0 radical (unpaired) electrons. The van der Waals surface area contributed by atoms with Gasteiger partial charge in [0.05, 0.1) is 19.8 Å². The van der Waals surface area contributed by atoms with E-state index in [0.717, 1.165) is 17.4 Å². The van der Waals surface area contributed by atoms with E-state index in [0.29, 0.717) is 29.4 Å². The topological polar surface area (TPSA) is 44.8 Å². The van der Waals surface area contributed by atoms with Crippen molar-refractivity contribution in [3.63, 3.8) is 0 Å². The molecule has 21 heavy (non-hydrogen) atoms. The highest BCUT2D eigenvalue weighted by Gasteiger charge is 2.07. The van der Waals surface area contributed by atoms with Crippen LogP contribution in [0.1, 0.15) is 21.5 Å². The number of rotatable bonds is 6. The number of ether oxygens (including phenoxy) is 3. The van der Waals surface area contributed by atoms with Crippen LogP contribution in [0.3, 0.4) is 0 Å². The summed E-state index contributed by atoms with van der Waals surface area (Å²) in [6.07, 6.45) is 0.803. The average molecular weight is 286 g/mol. The largest absolute Gasteiger partial charge is 0.493 e. The zero-order chi connectivity index (χ0) is 15.2. The monoisotopic (exact) mass is 286 g/mol. The lowest BCUT2D eigenvalue weighted by molar-refractivity contribution is 0.111. The Hall–Kier alpha value is -2.49. The Bertz CT molecular complexity index is 635. The van der Waals surface area contributed by atoms with Crippen LogP contribution in [0.4, 0.5) is 0 Å². The molecule has 0 bridgehead atoms. The molecule has 110 valence electrons. The number of hydrogen-bond acceptors (Lipinski definition) is 4. The second kappa shape index (κ2) is 6.79. The van der Waals surface area contributed by atoms with Crippen LogP contribution in [0.2, 0.25) is 0 Å². The van der Waals surface area contributed by atoms with Crippen molar-refractivity contribution in [3.8, 4) is 17.2 Å². The van der Waals surface area contributed by atoms with Crippen LogP contribution in [0.25, 0.3) is 0 Å². The van der Waals surface area contributed by atoms with Crippen LogP contribution < -0.4 is 14.2 Å². The molecule has 2 aromatic rings. The third-order valence-corrected chi connectivity index (χ3v) is 3.13. The molecular weight excluding hydrogens is 268 g/mol. The van der Waals surface area contributed by atoms with Crippen molar-refractivity contribution in [1.82, 2.24) is 0 Å². The van der Waals surface area contributed by atoms with Gasteiger partial charge in [-0.2, -0.15) is 0 Å². The standard InChI is InChI=1S/C17H18O4/c1-12-4-6-15(14(8-12)10-18)21-11-13-5-7-16(19-2)17(9-13)20-3/h4-10H,11H2,1-3H3. The first-order chi connectivity index (χ1) is 10.2. The highest BCUT2D eigenvalue weighted by molar-refractivity contribution is 5.79. The van der Waals surface area contributed by atoms with Gasteiger partial charge in [-0.3, -0.25) is 4.79 Å². The van der Waals surface area contributed by atoms with Gasteiger partial charge in [0.2, 0.25) is 0 Å². The summed E-state index contributed by atoms with van der Waals surface area (Å²) in [5.74, 6) is 1.90. The molecular formula is C17H18O4. The van der Waals surface area contributed by atoms with Crippen molar-refractivity contribution in [2.24, 2.45) is 0 Å². The number of methoxy groups -OCH3 is 2. The fraction of sp³-hybridized carbons (Fsp3) is 0.235. The molecule has 0 atom stereocenters. The Balaban J connectivity index is 2.15. The van der Waals surface area contributed by atoms with Gasteiger partial charge in [0.15, 0.2) is 17.8 Å². The molecule has 0 saturated carbocycles. The maximum absolute atomic E-state index is 11.1. The van der Waals surface area contributed by atoms with Gasteiger partial charge in [-0.1, -0.05) is 17.7 Å². The molecule has 0 aliphatic carbocycles. The van der Waals surface area contributed by atoms with Gasteiger partial charge in [-0.25, -0.2) is 0 Å². The first-order valence-electron chi connectivity index (χ1n) is 6.57. The van der Waals surface area contributed by atoms with E-state index in [-0.39, 0.29) is 0 Å². The smallest absolute Gasteiger partial charge is 0.161 e. The van der Waals surface area contributed by atoms with E-state index >= 15 is 0 Å². The second-order valence-electron chi connectivity index (χ2n) is 4.64. The Morgan fingerprint density at radius 1 is 0.952 bits per heavy atom. The van der Waals surface area contributed by atoms with Crippen LogP contribution in [0.15, 0.2) is 36.4 Å². The van der Waals surface area contributed by atoms with E-state index in [4.69, 9.17) is 14.2 Å².